The second-order valence-electron chi connectivity index (χ2n) is 6.43. The van der Waals surface area contributed by atoms with Crippen LogP contribution >= 0.6 is 23.2 Å². The van der Waals surface area contributed by atoms with E-state index in [2.05, 4.69) is 10.3 Å². The number of nitrogens with zero attached hydrogens (tertiary/aromatic N) is 2. The molecule has 10 heteroatoms. The smallest absolute Gasteiger partial charge is 0.311 e. The number of nitro benzene ring substituents is 1. The Morgan fingerprint density at radius 2 is 1.97 bits per heavy atom. The molecule has 156 valence electrons. The van der Waals surface area contributed by atoms with Crippen LogP contribution in [-0.4, -0.2) is 22.9 Å². The molecule has 4 rings (SSSR count). The molecule has 1 aromatic heterocycles. The fourth-order valence-electron chi connectivity index (χ4n) is 2.99. The summed E-state index contributed by atoms with van der Waals surface area (Å²) in [4.78, 5) is 27.6. The molecule has 0 saturated heterocycles. The van der Waals surface area contributed by atoms with Crippen molar-refractivity contribution in [1.29, 1.82) is 0 Å². The van der Waals surface area contributed by atoms with Gasteiger partial charge in [-0.05, 0) is 42.5 Å². The van der Waals surface area contributed by atoms with Crippen molar-refractivity contribution in [3.63, 3.8) is 0 Å². The largest absolute Gasteiger partial charge is 0.490 e. The number of hydrogen-bond acceptors (Lipinski definition) is 6. The lowest BCUT2D eigenvalue weighted by atomic mass is 10.1. The Morgan fingerprint density at radius 1 is 1.16 bits per heavy atom. The topological polar surface area (TPSA) is 108 Å². The van der Waals surface area contributed by atoms with Gasteiger partial charge in [0.1, 0.15) is 5.52 Å². The van der Waals surface area contributed by atoms with Gasteiger partial charge in [0.15, 0.2) is 11.3 Å². The average molecular weight is 458 g/mol. The maximum atomic E-state index is 12.6. The minimum atomic E-state index is -0.610. The second-order valence-corrected chi connectivity index (χ2v) is 7.28. The molecule has 0 atom stereocenters. The van der Waals surface area contributed by atoms with Crippen molar-refractivity contribution < 1.29 is 18.9 Å². The second kappa shape index (κ2) is 8.25. The van der Waals surface area contributed by atoms with Gasteiger partial charge in [0.2, 0.25) is 5.89 Å². The van der Waals surface area contributed by atoms with E-state index in [0.717, 1.165) is 6.07 Å². The summed E-state index contributed by atoms with van der Waals surface area (Å²) in [7, 11) is 1.32. The van der Waals surface area contributed by atoms with Crippen LogP contribution in [0.1, 0.15) is 10.4 Å². The number of oxazole rings is 1. The van der Waals surface area contributed by atoms with Crippen molar-refractivity contribution >= 4 is 51.6 Å². The lowest BCUT2D eigenvalue weighted by molar-refractivity contribution is -0.385. The molecule has 1 heterocycles. The zero-order valence-corrected chi connectivity index (χ0v) is 17.4. The Morgan fingerprint density at radius 3 is 2.71 bits per heavy atom. The Labute approximate surface area is 185 Å². The summed E-state index contributed by atoms with van der Waals surface area (Å²) in [5.74, 6) is -0.149. The van der Waals surface area contributed by atoms with Gasteiger partial charge in [-0.3, -0.25) is 14.9 Å². The van der Waals surface area contributed by atoms with Gasteiger partial charge in [-0.2, -0.15) is 0 Å². The fraction of sp³-hybridized carbons (Fsp3) is 0.0476. The van der Waals surface area contributed by atoms with Crippen LogP contribution < -0.4 is 10.1 Å². The van der Waals surface area contributed by atoms with Crippen LogP contribution in [0.2, 0.25) is 10.0 Å². The van der Waals surface area contributed by atoms with Crippen LogP contribution in [0.25, 0.3) is 22.6 Å². The number of aromatic nitrogens is 1. The van der Waals surface area contributed by atoms with E-state index in [1.165, 1.54) is 19.2 Å². The molecule has 1 amide bonds. The summed E-state index contributed by atoms with van der Waals surface area (Å²) in [6.45, 7) is 0. The lowest BCUT2D eigenvalue weighted by Gasteiger charge is -2.07. The van der Waals surface area contributed by atoms with E-state index in [0.29, 0.717) is 38.3 Å². The number of nitrogens with one attached hydrogen (secondary N) is 1. The van der Waals surface area contributed by atoms with Crippen molar-refractivity contribution in [3.8, 4) is 17.2 Å². The Kier molecular flexibility index (Phi) is 5.50. The fourth-order valence-corrected chi connectivity index (χ4v) is 3.51. The number of carbonyl (C=O) groups excluding carboxylic acids is 1. The van der Waals surface area contributed by atoms with Gasteiger partial charge in [0.05, 0.1) is 17.1 Å². The standard InChI is InChI=1S/C21H13Cl2N3O5/c1-30-18-6-5-11(8-17(18)26(28)29)20(27)24-14-4-2-3-12(7-14)21-25-16-10-13(22)9-15(23)19(16)31-21/h2-10H,1H3,(H,24,27). The Hall–Kier alpha value is -3.62. The number of fused-ring (bicyclic) bond motifs is 1. The van der Waals surface area contributed by atoms with E-state index in [9.17, 15) is 14.9 Å². The molecule has 0 unspecified atom stereocenters. The number of methoxy groups -OCH3 is 1. The van der Waals surface area contributed by atoms with Crippen LogP contribution in [0.15, 0.2) is 59.0 Å². The highest BCUT2D eigenvalue weighted by atomic mass is 35.5. The number of rotatable bonds is 5. The number of benzene rings is 3. The highest BCUT2D eigenvalue weighted by Crippen LogP contribution is 2.33. The van der Waals surface area contributed by atoms with E-state index >= 15 is 0 Å². The van der Waals surface area contributed by atoms with Gasteiger partial charge >= 0.3 is 5.69 Å². The van der Waals surface area contributed by atoms with E-state index in [4.69, 9.17) is 32.4 Å². The summed E-state index contributed by atoms with van der Waals surface area (Å²) in [6.07, 6.45) is 0. The normalized spacial score (nSPS) is 10.8. The zero-order chi connectivity index (χ0) is 22.1. The first-order chi connectivity index (χ1) is 14.9. The van der Waals surface area contributed by atoms with Crippen molar-refractivity contribution in [2.75, 3.05) is 12.4 Å². The molecule has 31 heavy (non-hydrogen) atoms. The number of nitro groups is 1. The molecule has 0 saturated carbocycles. The first kappa shape index (κ1) is 20.6. The molecule has 0 aliphatic rings. The minimum Gasteiger partial charge on any atom is -0.490 e. The predicted octanol–water partition coefficient (Wildman–Crippen LogP) is 5.97. The third kappa shape index (κ3) is 4.16. The first-order valence-electron chi connectivity index (χ1n) is 8.85. The van der Waals surface area contributed by atoms with Crippen molar-refractivity contribution in [3.05, 3.63) is 80.3 Å². The van der Waals surface area contributed by atoms with Gasteiger partial charge < -0.3 is 14.5 Å². The highest BCUT2D eigenvalue weighted by Gasteiger charge is 2.19. The molecule has 0 aliphatic carbocycles. The average Bonchev–Trinajstić information content (AvgIpc) is 3.18. The van der Waals surface area contributed by atoms with E-state index < -0.39 is 10.8 Å². The summed E-state index contributed by atoms with van der Waals surface area (Å²) in [6, 6.07) is 14.0. The third-order valence-electron chi connectivity index (χ3n) is 4.41. The minimum absolute atomic E-state index is 0.0678. The lowest BCUT2D eigenvalue weighted by Crippen LogP contribution is -2.12. The zero-order valence-electron chi connectivity index (χ0n) is 15.9. The van der Waals surface area contributed by atoms with E-state index in [1.807, 2.05) is 0 Å². The molecule has 3 aromatic carbocycles. The van der Waals surface area contributed by atoms with Crippen LogP contribution in [0, 0.1) is 10.1 Å². The highest BCUT2D eigenvalue weighted by molar-refractivity contribution is 6.38. The molecule has 0 spiro atoms. The summed E-state index contributed by atoms with van der Waals surface area (Å²) >= 11 is 12.2. The predicted molar refractivity (Wildman–Crippen MR) is 117 cm³/mol. The van der Waals surface area contributed by atoms with Gasteiger partial charge in [-0.15, -0.1) is 0 Å². The first-order valence-corrected chi connectivity index (χ1v) is 9.61. The third-order valence-corrected chi connectivity index (χ3v) is 4.91. The molecule has 4 aromatic rings. The van der Waals surface area contributed by atoms with Gasteiger partial charge in [-0.1, -0.05) is 29.3 Å². The van der Waals surface area contributed by atoms with E-state index in [1.54, 1.807) is 36.4 Å². The molecule has 0 radical (unpaired) electrons. The maximum Gasteiger partial charge on any atom is 0.311 e. The summed E-state index contributed by atoms with van der Waals surface area (Å²) in [5.41, 5.74) is 1.77. The number of amides is 1. The summed E-state index contributed by atoms with van der Waals surface area (Å²) in [5, 5.41) is 14.7. The van der Waals surface area contributed by atoms with Crippen LogP contribution in [0.3, 0.4) is 0 Å². The van der Waals surface area contributed by atoms with Gasteiger partial charge in [0, 0.05) is 27.9 Å². The number of hydrogen-bond donors (Lipinski definition) is 1. The van der Waals surface area contributed by atoms with E-state index in [-0.39, 0.29) is 17.0 Å². The number of anilines is 1. The number of carbonyl (C=O) groups is 1. The molecular weight excluding hydrogens is 445 g/mol. The van der Waals surface area contributed by atoms with Crippen LogP contribution in [0.5, 0.6) is 5.75 Å². The molecule has 0 aliphatic heterocycles. The number of halogens is 2. The van der Waals surface area contributed by atoms with Gasteiger partial charge in [-0.25, -0.2) is 4.98 Å². The van der Waals surface area contributed by atoms with Crippen molar-refractivity contribution in [2.45, 2.75) is 0 Å². The molecule has 1 N–H and O–H groups in total. The SMILES string of the molecule is COc1ccc(C(=O)Nc2cccc(-c3nc4cc(Cl)cc(Cl)c4o3)c2)cc1[N+](=O)[O-]. The maximum absolute atomic E-state index is 12.6. The van der Waals surface area contributed by atoms with Crippen molar-refractivity contribution in [2.24, 2.45) is 0 Å². The van der Waals surface area contributed by atoms with Gasteiger partial charge in [0.25, 0.3) is 5.91 Å². The number of ether oxygens (including phenoxy) is 1. The molecule has 8 nitrogen and oxygen atoms in total. The van der Waals surface area contributed by atoms with Crippen LogP contribution in [0.4, 0.5) is 11.4 Å². The van der Waals surface area contributed by atoms with Crippen molar-refractivity contribution in [1.82, 2.24) is 4.98 Å². The monoisotopic (exact) mass is 457 g/mol. The van der Waals surface area contributed by atoms with Crippen LogP contribution in [-0.2, 0) is 0 Å². The molecule has 0 bridgehead atoms. The molecule has 0 fully saturated rings. The Bertz CT molecular complexity index is 1340. The summed E-state index contributed by atoms with van der Waals surface area (Å²) < 4.78 is 10.7. The Balaban J connectivity index is 1.62. The molecular formula is C21H13Cl2N3O5. The quantitative estimate of drug-likeness (QED) is 0.292.